The predicted octanol–water partition coefficient (Wildman–Crippen LogP) is 2.55. The highest BCUT2D eigenvalue weighted by Crippen LogP contribution is 2.44. The maximum atomic E-state index is 13.0. The second-order valence-electron chi connectivity index (χ2n) is 7.37. The zero-order valence-electron chi connectivity index (χ0n) is 16.9. The van der Waals surface area contributed by atoms with Gasteiger partial charge in [0, 0.05) is 45.6 Å². The van der Waals surface area contributed by atoms with Crippen LogP contribution in [0.4, 0.5) is 0 Å². The first-order valence-corrected chi connectivity index (χ1v) is 11.2. The van der Waals surface area contributed by atoms with Gasteiger partial charge >= 0.3 is 0 Å². The molecule has 0 spiro atoms. The molecule has 2 atom stereocenters. The van der Waals surface area contributed by atoms with Gasteiger partial charge in [-0.05, 0) is 42.0 Å². The van der Waals surface area contributed by atoms with Gasteiger partial charge < -0.3 is 24.8 Å². The van der Waals surface area contributed by atoms with Crippen LogP contribution in [0.3, 0.4) is 0 Å². The van der Waals surface area contributed by atoms with Gasteiger partial charge in [-0.1, -0.05) is 11.6 Å². The maximum absolute atomic E-state index is 13.0. The zero-order chi connectivity index (χ0) is 20.8. The van der Waals surface area contributed by atoms with Crippen molar-refractivity contribution in [2.45, 2.75) is 18.9 Å². The second-order valence-corrected chi connectivity index (χ2v) is 8.57. The molecule has 1 unspecified atom stereocenters. The van der Waals surface area contributed by atoms with Crippen LogP contribution in [0.15, 0.2) is 10.5 Å². The molecule has 1 aromatic carbocycles. The van der Waals surface area contributed by atoms with Crippen LogP contribution in [0, 0.1) is 5.92 Å². The van der Waals surface area contributed by atoms with Crippen LogP contribution in [0.1, 0.15) is 23.2 Å². The lowest BCUT2D eigenvalue weighted by Gasteiger charge is -2.37. The first-order valence-electron chi connectivity index (χ1n) is 10.0. The predicted molar refractivity (Wildman–Crippen MR) is 116 cm³/mol. The van der Waals surface area contributed by atoms with E-state index >= 15 is 0 Å². The van der Waals surface area contributed by atoms with Gasteiger partial charge in [-0.3, -0.25) is 9.69 Å². The summed E-state index contributed by atoms with van der Waals surface area (Å²) in [5.41, 5.74) is 0.399. The summed E-state index contributed by atoms with van der Waals surface area (Å²) in [5, 5.41) is 6.65. The van der Waals surface area contributed by atoms with E-state index in [-0.39, 0.29) is 17.9 Å². The molecule has 2 aliphatic rings. The summed E-state index contributed by atoms with van der Waals surface area (Å²) < 4.78 is 17.9. The highest BCUT2D eigenvalue weighted by Gasteiger charge is 2.30. The van der Waals surface area contributed by atoms with Crippen molar-refractivity contribution in [3.63, 3.8) is 0 Å². The number of ether oxygens (including phenoxy) is 3. The Balaban J connectivity index is 1.66. The molecule has 29 heavy (non-hydrogen) atoms. The number of methoxy groups -OCH3 is 1. The van der Waals surface area contributed by atoms with E-state index in [2.05, 4.69) is 31.5 Å². The fraction of sp³-hybridized carbons (Fsp3) is 0.650. The van der Waals surface area contributed by atoms with Crippen LogP contribution < -0.4 is 20.1 Å². The minimum atomic E-state index is -0.214. The van der Waals surface area contributed by atoms with E-state index in [0.717, 1.165) is 39.0 Å². The minimum absolute atomic E-state index is 0.0890. The van der Waals surface area contributed by atoms with Crippen molar-refractivity contribution < 1.29 is 19.0 Å². The van der Waals surface area contributed by atoms with Gasteiger partial charge in [0.1, 0.15) is 0 Å². The number of likely N-dealkylation sites (tertiary alicyclic amines) is 1. The van der Waals surface area contributed by atoms with Gasteiger partial charge in [0.15, 0.2) is 11.5 Å². The number of benzene rings is 1. The number of likely N-dealkylation sites (N-methyl/N-ethyl adjacent to an activating group) is 1. The summed E-state index contributed by atoms with van der Waals surface area (Å²) in [7, 11) is 3.69. The molecule has 2 aliphatic heterocycles. The lowest BCUT2D eigenvalue weighted by atomic mass is 9.93. The lowest BCUT2D eigenvalue weighted by molar-refractivity contribution is -0.00980. The molecule has 2 N–H and O–H groups in total. The minimum Gasteiger partial charge on any atom is -0.489 e. The van der Waals surface area contributed by atoms with Gasteiger partial charge in [0.2, 0.25) is 0 Å². The van der Waals surface area contributed by atoms with E-state index in [1.165, 1.54) is 0 Å². The molecule has 0 aliphatic carbocycles. The Morgan fingerprint density at radius 3 is 2.86 bits per heavy atom. The van der Waals surface area contributed by atoms with E-state index < -0.39 is 0 Å². The summed E-state index contributed by atoms with van der Waals surface area (Å²) in [6.45, 7) is 5.38. The molecule has 1 amide bonds. The Bertz CT molecular complexity index is 721. The molecular weight excluding hydrogens is 462 g/mol. The molecule has 9 heteroatoms. The summed E-state index contributed by atoms with van der Waals surface area (Å²) in [5.74, 6) is 0.985. The molecular formula is C20H29BrClN3O4. The normalized spacial score (nSPS) is 22.2. The Hall–Kier alpha value is -1.06. The third-order valence-corrected chi connectivity index (χ3v) is 6.76. The monoisotopic (exact) mass is 489 g/mol. The Morgan fingerprint density at radius 1 is 1.38 bits per heavy atom. The number of rotatable bonds is 7. The van der Waals surface area contributed by atoms with E-state index in [1.54, 1.807) is 13.2 Å². The summed E-state index contributed by atoms with van der Waals surface area (Å²) >= 11 is 9.74. The second kappa shape index (κ2) is 10.8. The number of nitrogens with one attached hydrogen (secondary N) is 2. The molecule has 1 fully saturated rings. The number of piperidine rings is 1. The average Bonchev–Trinajstić information content (AvgIpc) is 2.99. The van der Waals surface area contributed by atoms with Crippen molar-refractivity contribution in [1.82, 2.24) is 15.5 Å². The molecule has 0 saturated carbocycles. The third kappa shape index (κ3) is 5.55. The highest BCUT2D eigenvalue weighted by molar-refractivity contribution is 9.10. The number of carbonyl (C=O) groups is 1. The van der Waals surface area contributed by atoms with Crippen molar-refractivity contribution >= 4 is 33.4 Å². The highest BCUT2D eigenvalue weighted by atomic mass is 79.9. The number of hydrogen-bond acceptors (Lipinski definition) is 6. The molecule has 162 valence electrons. The van der Waals surface area contributed by atoms with E-state index in [9.17, 15) is 4.79 Å². The number of fused-ring (bicyclic) bond motifs is 1. The van der Waals surface area contributed by atoms with Crippen molar-refractivity contribution in [3.8, 4) is 11.5 Å². The number of carbonyl (C=O) groups excluding carboxylic acids is 1. The van der Waals surface area contributed by atoms with Gasteiger partial charge in [0.25, 0.3) is 5.91 Å². The summed E-state index contributed by atoms with van der Waals surface area (Å²) in [6, 6.07) is 1.63. The Kier molecular flexibility index (Phi) is 8.44. The number of amides is 1. The van der Waals surface area contributed by atoms with E-state index in [0.29, 0.717) is 46.3 Å². The van der Waals surface area contributed by atoms with Crippen molar-refractivity contribution in [1.29, 1.82) is 0 Å². The van der Waals surface area contributed by atoms with Crippen molar-refractivity contribution in [3.05, 3.63) is 21.1 Å². The Morgan fingerprint density at radius 2 is 2.14 bits per heavy atom. The number of halogens is 2. The van der Waals surface area contributed by atoms with Gasteiger partial charge in [-0.15, -0.1) is 0 Å². The zero-order valence-corrected chi connectivity index (χ0v) is 19.3. The summed E-state index contributed by atoms with van der Waals surface area (Å²) in [6.07, 6.45) is 1.81. The molecule has 2 heterocycles. The van der Waals surface area contributed by atoms with Crippen LogP contribution in [0.25, 0.3) is 0 Å². The van der Waals surface area contributed by atoms with Crippen LogP contribution in [-0.4, -0.2) is 77.0 Å². The summed E-state index contributed by atoms with van der Waals surface area (Å²) in [4.78, 5) is 15.3. The molecule has 0 aromatic heterocycles. The fourth-order valence-electron chi connectivity index (χ4n) is 3.76. The first-order chi connectivity index (χ1) is 14.0. The molecule has 1 aromatic rings. The Labute approximate surface area is 185 Å². The standard InChI is InChI=1S/C20H29BrClN3O4/c1-23-5-7-25-6-4-13(16(12-25)27-2)11-24-20(26)14-10-15(22)17(21)19-18(14)28-8-3-9-29-19/h10,13,16,23H,3-9,11-12H2,1-2H3,(H,24,26)/t13-,16?/m0/s1. The van der Waals surface area contributed by atoms with Gasteiger partial charge in [0.05, 0.1) is 34.4 Å². The molecule has 0 radical (unpaired) electrons. The average molecular weight is 491 g/mol. The fourth-order valence-corrected chi connectivity index (χ4v) is 4.36. The van der Waals surface area contributed by atoms with Crippen LogP contribution >= 0.6 is 27.5 Å². The molecule has 7 nitrogen and oxygen atoms in total. The lowest BCUT2D eigenvalue weighted by Crippen LogP contribution is -2.49. The molecule has 3 rings (SSSR count). The SMILES string of the molecule is CNCCN1CC[C@@H](CNC(=O)c2cc(Cl)c(Br)c3c2OCCCO3)C(OC)C1. The first kappa shape index (κ1) is 22.6. The largest absolute Gasteiger partial charge is 0.489 e. The van der Waals surface area contributed by atoms with Crippen LogP contribution in [0.5, 0.6) is 11.5 Å². The van der Waals surface area contributed by atoms with E-state index in [1.807, 2.05) is 7.05 Å². The van der Waals surface area contributed by atoms with Gasteiger partial charge in [-0.2, -0.15) is 0 Å². The van der Waals surface area contributed by atoms with Crippen LogP contribution in [0.2, 0.25) is 5.02 Å². The van der Waals surface area contributed by atoms with E-state index in [4.69, 9.17) is 25.8 Å². The van der Waals surface area contributed by atoms with Crippen molar-refractivity contribution in [2.24, 2.45) is 5.92 Å². The quantitative estimate of drug-likeness (QED) is 0.612. The number of nitrogens with zero attached hydrogens (tertiary/aromatic N) is 1. The third-order valence-electron chi connectivity index (χ3n) is 5.44. The maximum Gasteiger partial charge on any atom is 0.255 e. The topological polar surface area (TPSA) is 72.1 Å². The van der Waals surface area contributed by atoms with Gasteiger partial charge in [-0.25, -0.2) is 0 Å². The molecule has 1 saturated heterocycles. The van der Waals surface area contributed by atoms with Crippen molar-refractivity contribution in [2.75, 3.05) is 60.1 Å². The van der Waals surface area contributed by atoms with Crippen LogP contribution in [-0.2, 0) is 4.74 Å². The smallest absolute Gasteiger partial charge is 0.255 e. The number of hydrogen-bond donors (Lipinski definition) is 2. The molecule has 0 bridgehead atoms.